The molecular weight excluding hydrogens is 382 g/mol. The molecule has 23 heavy (non-hydrogen) atoms. The number of halogens is 5. The molecule has 1 amide bonds. The van der Waals surface area contributed by atoms with Crippen molar-refractivity contribution < 1.29 is 27.1 Å². The fourth-order valence-corrected chi connectivity index (χ4v) is 2.00. The third kappa shape index (κ3) is 5.24. The fourth-order valence-electron chi connectivity index (χ4n) is 1.67. The highest BCUT2D eigenvalue weighted by Crippen LogP contribution is 2.21. The van der Waals surface area contributed by atoms with Crippen LogP contribution in [0.1, 0.15) is 10.4 Å². The molecule has 2 rings (SSSR count). The van der Waals surface area contributed by atoms with Crippen molar-refractivity contribution in [1.82, 2.24) is 0 Å². The lowest BCUT2D eigenvalue weighted by atomic mass is 10.2. The Labute approximate surface area is 137 Å². The summed E-state index contributed by atoms with van der Waals surface area (Å²) in [5.41, 5.74) is 0.155. The highest BCUT2D eigenvalue weighted by molar-refractivity contribution is 9.10. The summed E-state index contributed by atoms with van der Waals surface area (Å²) in [6, 6.07) is 9.27. The molecule has 0 atom stereocenters. The van der Waals surface area contributed by atoms with E-state index in [1.54, 1.807) is 0 Å². The van der Waals surface area contributed by atoms with Crippen LogP contribution in [0.2, 0.25) is 0 Å². The Morgan fingerprint density at radius 1 is 1.13 bits per heavy atom. The number of carbonyl (C=O) groups excluding carboxylic acids is 1. The maximum Gasteiger partial charge on any atom is 0.422 e. The zero-order valence-electron chi connectivity index (χ0n) is 11.5. The lowest BCUT2D eigenvalue weighted by Crippen LogP contribution is -2.19. The molecule has 3 nitrogen and oxygen atoms in total. The highest BCUT2D eigenvalue weighted by Gasteiger charge is 2.28. The second-order valence-electron chi connectivity index (χ2n) is 4.51. The molecule has 0 fully saturated rings. The number of amides is 1. The van der Waals surface area contributed by atoms with Crippen molar-refractivity contribution in [1.29, 1.82) is 0 Å². The number of hydrogen-bond acceptors (Lipinski definition) is 2. The number of benzene rings is 2. The van der Waals surface area contributed by atoms with Crippen LogP contribution < -0.4 is 10.1 Å². The summed E-state index contributed by atoms with van der Waals surface area (Å²) in [4.78, 5) is 11.9. The minimum atomic E-state index is -4.42. The van der Waals surface area contributed by atoms with E-state index in [0.29, 0.717) is 10.2 Å². The molecule has 2 aromatic carbocycles. The average molecular weight is 392 g/mol. The first-order chi connectivity index (χ1) is 10.7. The Balaban J connectivity index is 2.01. The van der Waals surface area contributed by atoms with E-state index in [1.807, 2.05) is 0 Å². The molecule has 0 aliphatic carbocycles. The van der Waals surface area contributed by atoms with E-state index in [4.69, 9.17) is 0 Å². The third-order valence-electron chi connectivity index (χ3n) is 2.69. The van der Waals surface area contributed by atoms with Crippen LogP contribution in [0.25, 0.3) is 0 Å². The van der Waals surface area contributed by atoms with Gasteiger partial charge in [-0.15, -0.1) is 0 Å². The van der Waals surface area contributed by atoms with Gasteiger partial charge in [-0.05, 0) is 42.5 Å². The van der Waals surface area contributed by atoms with Gasteiger partial charge in [0.15, 0.2) is 6.61 Å². The summed E-state index contributed by atoms with van der Waals surface area (Å²) >= 11 is 3.08. The lowest BCUT2D eigenvalue weighted by molar-refractivity contribution is -0.153. The maximum absolute atomic E-state index is 13.7. The van der Waals surface area contributed by atoms with E-state index >= 15 is 0 Å². The highest BCUT2D eigenvalue weighted by atomic mass is 79.9. The molecule has 8 heteroatoms. The summed E-state index contributed by atoms with van der Waals surface area (Å²) < 4.78 is 54.8. The van der Waals surface area contributed by atoms with Crippen LogP contribution in [0.5, 0.6) is 5.75 Å². The first kappa shape index (κ1) is 17.3. The van der Waals surface area contributed by atoms with E-state index < -0.39 is 24.5 Å². The molecule has 0 aliphatic heterocycles. The van der Waals surface area contributed by atoms with Gasteiger partial charge in [0.05, 0.1) is 5.56 Å². The van der Waals surface area contributed by atoms with Crippen molar-refractivity contribution in [3.63, 3.8) is 0 Å². The monoisotopic (exact) mass is 391 g/mol. The van der Waals surface area contributed by atoms with Gasteiger partial charge in [0.2, 0.25) is 0 Å². The van der Waals surface area contributed by atoms with Crippen LogP contribution in [-0.2, 0) is 0 Å². The number of alkyl halides is 3. The van der Waals surface area contributed by atoms with Crippen molar-refractivity contribution >= 4 is 27.5 Å². The zero-order chi connectivity index (χ0) is 17.0. The van der Waals surface area contributed by atoms with Gasteiger partial charge < -0.3 is 10.1 Å². The molecule has 0 aromatic heterocycles. The standard InChI is InChI=1S/C15H10BrF4NO2/c16-9-1-6-12(13(17)7-9)14(22)21-10-2-4-11(5-3-10)23-8-15(18,19)20/h1-7H,8H2,(H,21,22). The molecule has 0 radical (unpaired) electrons. The molecule has 0 heterocycles. The molecule has 0 saturated carbocycles. The van der Waals surface area contributed by atoms with Gasteiger partial charge in [-0.25, -0.2) is 4.39 Å². The summed E-state index contributed by atoms with van der Waals surface area (Å²) in [5.74, 6) is -1.35. The van der Waals surface area contributed by atoms with Gasteiger partial charge in [-0.2, -0.15) is 13.2 Å². The lowest BCUT2D eigenvalue weighted by Gasteiger charge is -2.10. The summed E-state index contributed by atoms with van der Waals surface area (Å²) in [7, 11) is 0. The van der Waals surface area contributed by atoms with Crippen molar-refractivity contribution in [2.45, 2.75) is 6.18 Å². The van der Waals surface area contributed by atoms with Crippen LogP contribution in [0, 0.1) is 5.82 Å². The van der Waals surface area contributed by atoms with Crippen molar-refractivity contribution in [3.05, 3.63) is 58.3 Å². The number of ether oxygens (including phenoxy) is 1. The normalized spacial score (nSPS) is 11.2. The molecule has 0 bridgehead atoms. The van der Waals surface area contributed by atoms with Crippen LogP contribution in [-0.4, -0.2) is 18.7 Å². The SMILES string of the molecule is O=C(Nc1ccc(OCC(F)(F)F)cc1)c1ccc(Br)cc1F. The fraction of sp³-hybridized carbons (Fsp3) is 0.133. The zero-order valence-corrected chi connectivity index (χ0v) is 13.0. The average Bonchev–Trinajstić information content (AvgIpc) is 2.45. The predicted molar refractivity (Wildman–Crippen MR) is 80.0 cm³/mol. The Bertz CT molecular complexity index is 702. The molecule has 0 unspecified atom stereocenters. The molecule has 0 spiro atoms. The van der Waals surface area contributed by atoms with Gasteiger partial charge in [0, 0.05) is 10.2 Å². The van der Waals surface area contributed by atoms with Crippen molar-refractivity contribution in [2.24, 2.45) is 0 Å². The Hall–Kier alpha value is -2.09. The summed E-state index contributed by atoms with van der Waals surface area (Å²) in [6.45, 7) is -1.40. The Kier molecular flexibility index (Phi) is 5.25. The van der Waals surface area contributed by atoms with Gasteiger partial charge in [-0.1, -0.05) is 15.9 Å². The van der Waals surface area contributed by atoms with Crippen LogP contribution in [0.3, 0.4) is 0 Å². The molecule has 0 aliphatic rings. The molecular formula is C15H10BrF4NO2. The van der Waals surface area contributed by atoms with Gasteiger partial charge in [0.25, 0.3) is 5.91 Å². The van der Waals surface area contributed by atoms with Crippen LogP contribution >= 0.6 is 15.9 Å². The first-order valence-electron chi connectivity index (χ1n) is 6.30. The first-order valence-corrected chi connectivity index (χ1v) is 7.10. The van der Waals surface area contributed by atoms with Gasteiger partial charge in [-0.3, -0.25) is 4.79 Å². The number of carbonyl (C=O) groups is 1. The second-order valence-corrected chi connectivity index (χ2v) is 5.42. The molecule has 122 valence electrons. The number of nitrogens with one attached hydrogen (secondary N) is 1. The van der Waals surface area contributed by atoms with Crippen LogP contribution in [0.15, 0.2) is 46.9 Å². The minimum Gasteiger partial charge on any atom is -0.484 e. The smallest absolute Gasteiger partial charge is 0.422 e. The second kappa shape index (κ2) is 6.99. The Morgan fingerprint density at radius 3 is 2.35 bits per heavy atom. The van der Waals surface area contributed by atoms with E-state index in [1.165, 1.54) is 36.4 Å². The summed E-state index contributed by atoms with van der Waals surface area (Å²) in [5, 5.41) is 2.45. The number of hydrogen-bond donors (Lipinski definition) is 1. The summed E-state index contributed by atoms with van der Waals surface area (Å²) in [6.07, 6.45) is -4.42. The van der Waals surface area contributed by atoms with E-state index in [-0.39, 0.29) is 11.3 Å². The largest absolute Gasteiger partial charge is 0.484 e. The quantitative estimate of drug-likeness (QED) is 0.761. The van der Waals surface area contributed by atoms with E-state index in [2.05, 4.69) is 26.0 Å². The van der Waals surface area contributed by atoms with Gasteiger partial charge >= 0.3 is 6.18 Å². The topological polar surface area (TPSA) is 38.3 Å². The maximum atomic E-state index is 13.7. The molecule has 2 aromatic rings. The Morgan fingerprint density at radius 2 is 1.78 bits per heavy atom. The third-order valence-corrected chi connectivity index (χ3v) is 3.18. The van der Waals surface area contributed by atoms with Gasteiger partial charge in [0.1, 0.15) is 11.6 Å². The van der Waals surface area contributed by atoms with Crippen molar-refractivity contribution in [2.75, 3.05) is 11.9 Å². The number of anilines is 1. The van der Waals surface area contributed by atoms with E-state index in [0.717, 1.165) is 6.07 Å². The molecule has 0 saturated heterocycles. The number of rotatable bonds is 4. The predicted octanol–water partition coefficient (Wildman–Crippen LogP) is 4.78. The van der Waals surface area contributed by atoms with Crippen LogP contribution in [0.4, 0.5) is 23.2 Å². The minimum absolute atomic E-state index is 0.00939. The van der Waals surface area contributed by atoms with Crippen molar-refractivity contribution in [3.8, 4) is 5.75 Å². The molecule has 1 N–H and O–H groups in total. The van der Waals surface area contributed by atoms with E-state index in [9.17, 15) is 22.4 Å².